The van der Waals surface area contributed by atoms with Gasteiger partial charge in [0.15, 0.2) is 5.54 Å². The van der Waals surface area contributed by atoms with Gasteiger partial charge in [-0.05, 0) is 29.4 Å². The minimum atomic E-state index is -1.34. The molecule has 2 N–H and O–H groups in total. The van der Waals surface area contributed by atoms with E-state index in [4.69, 9.17) is 0 Å². The molecule has 6 heteroatoms. The van der Waals surface area contributed by atoms with E-state index in [0.717, 1.165) is 24.2 Å². The highest BCUT2D eigenvalue weighted by Gasteiger charge is 2.54. The Morgan fingerprint density at radius 2 is 1.58 bits per heavy atom. The number of nitrogens with one attached hydrogen (secondary N) is 2. The minimum Gasteiger partial charge on any atom is -0.352 e. The van der Waals surface area contributed by atoms with E-state index in [2.05, 4.69) is 24.5 Å². The molecule has 1 heterocycles. The maximum atomic E-state index is 13.6. The normalized spacial score (nSPS) is 25.2. The van der Waals surface area contributed by atoms with Gasteiger partial charge in [-0.3, -0.25) is 14.5 Å². The van der Waals surface area contributed by atoms with E-state index in [-0.39, 0.29) is 18.5 Å². The number of carbonyl (C=O) groups is 3. The van der Waals surface area contributed by atoms with Crippen molar-refractivity contribution in [3.63, 3.8) is 0 Å². The number of hydrogen-bond donors (Lipinski definition) is 2. The fourth-order valence-electron chi connectivity index (χ4n) is 4.84. The summed E-state index contributed by atoms with van der Waals surface area (Å²) in [6.45, 7) is 4.07. The lowest BCUT2D eigenvalue weighted by atomic mass is 9.78. The van der Waals surface area contributed by atoms with Crippen molar-refractivity contribution in [1.82, 2.24) is 15.5 Å². The fourth-order valence-corrected chi connectivity index (χ4v) is 4.84. The highest BCUT2D eigenvalue weighted by atomic mass is 16.2. The van der Waals surface area contributed by atoms with Crippen molar-refractivity contribution in [2.45, 2.75) is 44.7 Å². The number of hydrogen-bond acceptors (Lipinski definition) is 3. The number of nitrogens with zero attached hydrogens (tertiary/aromatic N) is 1. The van der Waals surface area contributed by atoms with Crippen molar-refractivity contribution in [2.24, 2.45) is 11.8 Å². The number of imide groups is 1. The van der Waals surface area contributed by atoms with Gasteiger partial charge in [0.05, 0.1) is 0 Å². The van der Waals surface area contributed by atoms with E-state index in [1.165, 1.54) is 0 Å². The summed E-state index contributed by atoms with van der Waals surface area (Å²) in [7, 11) is 0. The minimum absolute atomic E-state index is 0.0741. The summed E-state index contributed by atoms with van der Waals surface area (Å²) in [5.74, 6) is 0.176. The molecule has 0 bridgehead atoms. The fraction of sp³-hybridized carbons (Fsp3) is 0.400. The van der Waals surface area contributed by atoms with Crippen LogP contribution in [0.2, 0.25) is 0 Å². The quantitative estimate of drug-likeness (QED) is 0.729. The Labute approximate surface area is 183 Å². The first-order valence-corrected chi connectivity index (χ1v) is 11.0. The second kappa shape index (κ2) is 8.53. The summed E-state index contributed by atoms with van der Waals surface area (Å²) in [6.07, 6.45) is 3.16. The van der Waals surface area contributed by atoms with Crippen LogP contribution in [0.15, 0.2) is 60.7 Å². The van der Waals surface area contributed by atoms with Crippen LogP contribution in [0.1, 0.15) is 44.2 Å². The van der Waals surface area contributed by atoms with Gasteiger partial charge in [0, 0.05) is 6.04 Å². The summed E-state index contributed by atoms with van der Waals surface area (Å²) in [6, 6.07) is 17.9. The Morgan fingerprint density at radius 3 is 2.16 bits per heavy atom. The van der Waals surface area contributed by atoms with Crippen molar-refractivity contribution in [3.05, 3.63) is 71.8 Å². The molecule has 2 aromatic rings. The van der Waals surface area contributed by atoms with Gasteiger partial charge in [0.25, 0.3) is 5.91 Å². The number of rotatable bonds is 5. The Hall–Kier alpha value is -3.15. The molecule has 1 aliphatic carbocycles. The van der Waals surface area contributed by atoms with Crippen LogP contribution in [0.4, 0.5) is 4.79 Å². The smallest absolute Gasteiger partial charge is 0.326 e. The predicted molar refractivity (Wildman–Crippen MR) is 118 cm³/mol. The topological polar surface area (TPSA) is 78.5 Å². The monoisotopic (exact) mass is 419 g/mol. The zero-order valence-electron chi connectivity index (χ0n) is 18.0. The molecule has 1 saturated carbocycles. The Kier molecular flexibility index (Phi) is 5.81. The molecule has 2 aromatic carbocycles. The van der Waals surface area contributed by atoms with E-state index in [1.807, 2.05) is 60.7 Å². The summed E-state index contributed by atoms with van der Waals surface area (Å²) in [5, 5.41) is 5.94. The first-order valence-electron chi connectivity index (χ1n) is 11.0. The predicted octanol–water partition coefficient (Wildman–Crippen LogP) is 3.42. The molecule has 1 saturated heterocycles. The molecule has 1 aliphatic heterocycles. The molecule has 4 amide bonds. The molecule has 2 fully saturated rings. The number of amides is 4. The van der Waals surface area contributed by atoms with Gasteiger partial charge >= 0.3 is 6.03 Å². The van der Waals surface area contributed by atoms with Crippen LogP contribution >= 0.6 is 0 Å². The van der Waals surface area contributed by atoms with Gasteiger partial charge in [-0.2, -0.15) is 0 Å². The number of carbonyl (C=O) groups excluding carboxylic acids is 3. The molecule has 3 atom stereocenters. The number of benzene rings is 2. The van der Waals surface area contributed by atoms with Crippen LogP contribution in [-0.2, 0) is 15.1 Å². The SMILES string of the molecule is C[C@@H]1[C@@H](C)CCC[C@H]1NC(=O)CN1C(=O)NC(c2ccccc2)(c2ccccc2)C1=O. The van der Waals surface area contributed by atoms with Gasteiger partial charge in [-0.25, -0.2) is 4.79 Å². The molecule has 31 heavy (non-hydrogen) atoms. The zero-order valence-corrected chi connectivity index (χ0v) is 18.0. The highest BCUT2D eigenvalue weighted by Crippen LogP contribution is 2.36. The van der Waals surface area contributed by atoms with Crippen molar-refractivity contribution in [2.75, 3.05) is 6.54 Å². The Balaban J connectivity index is 1.59. The third-order valence-electron chi connectivity index (χ3n) is 6.87. The molecular formula is C25H29N3O3. The molecule has 0 radical (unpaired) electrons. The van der Waals surface area contributed by atoms with Crippen LogP contribution in [-0.4, -0.2) is 35.3 Å². The van der Waals surface area contributed by atoms with Gasteiger partial charge in [0.2, 0.25) is 5.91 Å². The van der Waals surface area contributed by atoms with E-state index < -0.39 is 17.5 Å². The van der Waals surface area contributed by atoms with E-state index in [9.17, 15) is 14.4 Å². The lowest BCUT2D eigenvalue weighted by Crippen LogP contribution is -2.49. The lowest BCUT2D eigenvalue weighted by molar-refractivity contribution is -0.134. The maximum Gasteiger partial charge on any atom is 0.326 e. The second-order valence-electron chi connectivity index (χ2n) is 8.74. The summed E-state index contributed by atoms with van der Waals surface area (Å²) in [5.41, 5.74) is -0.0126. The first-order chi connectivity index (χ1) is 14.9. The summed E-state index contributed by atoms with van der Waals surface area (Å²) in [4.78, 5) is 40.4. The van der Waals surface area contributed by atoms with Crippen LogP contribution in [0.3, 0.4) is 0 Å². The number of urea groups is 1. The van der Waals surface area contributed by atoms with E-state index in [0.29, 0.717) is 23.0 Å². The molecule has 0 unspecified atom stereocenters. The van der Waals surface area contributed by atoms with Crippen LogP contribution in [0.5, 0.6) is 0 Å². The molecule has 0 spiro atoms. The zero-order chi connectivity index (χ0) is 22.0. The molecular weight excluding hydrogens is 390 g/mol. The molecule has 0 aromatic heterocycles. The van der Waals surface area contributed by atoms with Crippen molar-refractivity contribution < 1.29 is 14.4 Å². The Morgan fingerprint density at radius 1 is 1.00 bits per heavy atom. The largest absolute Gasteiger partial charge is 0.352 e. The van der Waals surface area contributed by atoms with Crippen molar-refractivity contribution in [1.29, 1.82) is 0 Å². The van der Waals surface area contributed by atoms with Gasteiger partial charge < -0.3 is 10.6 Å². The summed E-state index contributed by atoms with van der Waals surface area (Å²) < 4.78 is 0. The maximum absolute atomic E-state index is 13.6. The van der Waals surface area contributed by atoms with Gasteiger partial charge in [0.1, 0.15) is 6.54 Å². The summed E-state index contributed by atoms with van der Waals surface area (Å²) >= 11 is 0. The van der Waals surface area contributed by atoms with Crippen LogP contribution < -0.4 is 10.6 Å². The lowest BCUT2D eigenvalue weighted by Gasteiger charge is -2.34. The highest BCUT2D eigenvalue weighted by molar-refractivity contribution is 6.11. The van der Waals surface area contributed by atoms with E-state index in [1.54, 1.807) is 0 Å². The molecule has 4 rings (SSSR count). The van der Waals surface area contributed by atoms with Crippen LogP contribution in [0, 0.1) is 11.8 Å². The van der Waals surface area contributed by atoms with Gasteiger partial charge in [-0.1, -0.05) is 87.4 Å². The molecule has 6 nitrogen and oxygen atoms in total. The van der Waals surface area contributed by atoms with Crippen molar-refractivity contribution in [3.8, 4) is 0 Å². The standard InChI is InChI=1S/C25H29N3O3/c1-17-10-9-15-21(18(17)2)26-22(29)16-28-23(30)25(27-24(28)31,19-11-5-3-6-12-19)20-13-7-4-8-14-20/h3-8,11-14,17-18,21H,9-10,15-16H2,1-2H3,(H,26,29)(H,27,31)/t17-,18+,21+/m0/s1. The first kappa shape index (κ1) is 21.1. The average Bonchev–Trinajstić information content (AvgIpc) is 3.04. The molecule has 162 valence electrons. The van der Waals surface area contributed by atoms with Crippen molar-refractivity contribution >= 4 is 17.8 Å². The average molecular weight is 420 g/mol. The third-order valence-corrected chi connectivity index (χ3v) is 6.87. The Bertz CT molecular complexity index is 921. The van der Waals surface area contributed by atoms with Gasteiger partial charge in [-0.15, -0.1) is 0 Å². The second-order valence-corrected chi connectivity index (χ2v) is 8.74. The third kappa shape index (κ3) is 3.82. The molecule has 2 aliphatic rings. The van der Waals surface area contributed by atoms with E-state index >= 15 is 0 Å². The van der Waals surface area contributed by atoms with Crippen LogP contribution in [0.25, 0.3) is 0 Å².